The van der Waals surface area contributed by atoms with Crippen LogP contribution in [0.5, 0.6) is 5.75 Å². The van der Waals surface area contributed by atoms with Crippen LogP contribution in [0, 0.1) is 18.3 Å². The molecule has 1 atom stereocenters. The highest BCUT2D eigenvalue weighted by molar-refractivity contribution is 5.55. The molecule has 0 fully saturated rings. The lowest BCUT2D eigenvalue weighted by Gasteiger charge is -2.27. The second-order valence-electron chi connectivity index (χ2n) is 8.02. The molecule has 0 amide bonds. The molecule has 0 saturated heterocycles. The van der Waals surface area contributed by atoms with Gasteiger partial charge in [0.05, 0.1) is 23.7 Å². The molecule has 2 aromatic heterocycles. The smallest absolute Gasteiger partial charge is 0.259 e. The van der Waals surface area contributed by atoms with Crippen LogP contribution >= 0.6 is 0 Å². The van der Waals surface area contributed by atoms with E-state index in [2.05, 4.69) is 24.9 Å². The molecular weight excluding hydrogens is 388 g/mol. The first-order valence-corrected chi connectivity index (χ1v) is 10.2. The van der Waals surface area contributed by atoms with Crippen LogP contribution in [-0.2, 0) is 6.54 Å². The SMILES string of the molecule is Cc1cc2c(c(=O)n1Cc1ccccn1)[C@@H](c1ccc(C(C)C)cc1)C(C#N)=C(N)O2. The predicted molar refractivity (Wildman–Crippen MR) is 119 cm³/mol. The number of ether oxygens (including phenoxy) is 1. The third-order valence-corrected chi connectivity index (χ3v) is 5.67. The van der Waals surface area contributed by atoms with Gasteiger partial charge in [-0.25, -0.2) is 0 Å². The van der Waals surface area contributed by atoms with Crippen molar-refractivity contribution >= 4 is 0 Å². The van der Waals surface area contributed by atoms with Crippen molar-refractivity contribution in [3.05, 3.63) is 105 Å². The van der Waals surface area contributed by atoms with Crippen molar-refractivity contribution in [3.8, 4) is 11.8 Å². The summed E-state index contributed by atoms with van der Waals surface area (Å²) < 4.78 is 7.39. The van der Waals surface area contributed by atoms with Crippen LogP contribution in [0.2, 0.25) is 0 Å². The van der Waals surface area contributed by atoms with E-state index in [9.17, 15) is 10.1 Å². The largest absolute Gasteiger partial charge is 0.440 e. The number of aromatic nitrogens is 2. The zero-order valence-corrected chi connectivity index (χ0v) is 17.8. The lowest BCUT2D eigenvalue weighted by atomic mass is 9.83. The van der Waals surface area contributed by atoms with Crippen LogP contribution in [0.15, 0.2) is 71.0 Å². The first-order valence-electron chi connectivity index (χ1n) is 10.2. The number of nitriles is 1. The molecule has 1 aromatic carbocycles. The molecule has 0 bridgehead atoms. The second kappa shape index (κ2) is 8.11. The first kappa shape index (κ1) is 20.4. The van der Waals surface area contributed by atoms with Crippen molar-refractivity contribution in [2.24, 2.45) is 5.73 Å². The van der Waals surface area contributed by atoms with Gasteiger partial charge in [-0.1, -0.05) is 44.2 Å². The average Bonchev–Trinajstić information content (AvgIpc) is 2.76. The van der Waals surface area contributed by atoms with E-state index in [1.54, 1.807) is 16.8 Å². The molecule has 6 nitrogen and oxygen atoms in total. The summed E-state index contributed by atoms with van der Waals surface area (Å²) in [6.07, 6.45) is 1.70. The molecule has 0 spiro atoms. The number of aryl methyl sites for hydroxylation is 1. The Hall–Kier alpha value is -3.85. The van der Waals surface area contributed by atoms with Crippen LogP contribution in [0.4, 0.5) is 0 Å². The Labute approximate surface area is 181 Å². The third kappa shape index (κ3) is 3.71. The zero-order valence-electron chi connectivity index (χ0n) is 17.8. The molecule has 4 rings (SSSR count). The Kier molecular flexibility index (Phi) is 5.35. The number of hydrogen-bond acceptors (Lipinski definition) is 5. The van der Waals surface area contributed by atoms with Gasteiger partial charge in [0, 0.05) is 18.0 Å². The van der Waals surface area contributed by atoms with E-state index in [4.69, 9.17) is 10.5 Å². The number of allylic oxidation sites excluding steroid dienone is 1. The van der Waals surface area contributed by atoms with E-state index in [1.807, 2.05) is 49.4 Å². The van der Waals surface area contributed by atoms with Gasteiger partial charge in [-0.05, 0) is 36.1 Å². The first-order chi connectivity index (χ1) is 14.9. The molecule has 2 N–H and O–H groups in total. The number of nitrogens with two attached hydrogens (primary N) is 1. The van der Waals surface area contributed by atoms with Crippen LogP contribution in [0.1, 0.15) is 53.8 Å². The summed E-state index contributed by atoms with van der Waals surface area (Å²) in [7, 11) is 0. The molecular formula is C25H24N4O2. The van der Waals surface area contributed by atoms with E-state index in [0.29, 0.717) is 23.8 Å². The third-order valence-electron chi connectivity index (χ3n) is 5.67. The fraction of sp³-hybridized carbons (Fsp3) is 0.240. The maximum Gasteiger partial charge on any atom is 0.259 e. The fourth-order valence-electron chi connectivity index (χ4n) is 3.94. The van der Waals surface area contributed by atoms with Crippen LogP contribution in [0.3, 0.4) is 0 Å². The Balaban J connectivity index is 1.89. The predicted octanol–water partition coefficient (Wildman–Crippen LogP) is 3.94. The number of benzene rings is 1. The lowest BCUT2D eigenvalue weighted by molar-refractivity contribution is 0.389. The van der Waals surface area contributed by atoms with Crippen LogP contribution in [-0.4, -0.2) is 9.55 Å². The Morgan fingerprint density at radius 2 is 1.97 bits per heavy atom. The van der Waals surface area contributed by atoms with E-state index in [-0.39, 0.29) is 17.0 Å². The van der Waals surface area contributed by atoms with Crippen LogP contribution < -0.4 is 16.0 Å². The molecule has 0 radical (unpaired) electrons. The summed E-state index contributed by atoms with van der Waals surface area (Å²) in [5, 5.41) is 9.82. The van der Waals surface area contributed by atoms with E-state index < -0.39 is 5.92 Å². The van der Waals surface area contributed by atoms with Gasteiger partial charge in [0.2, 0.25) is 5.88 Å². The number of rotatable bonds is 4. The van der Waals surface area contributed by atoms with Gasteiger partial charge in [-0.2, -0.15) is 5.26 Å². The van der Waals surface area contributed by atoms with Crippen molar-refractivity contribution in [2.45, 2.75) is 39.2 Å². The van der Waals surface area contributed by atoms with Gasteiger partial charge in [-0.3, -0.25) is 9.78 Å². The summed E-state index contributed by atoms with van der Waals surface area (Å²) in [5.74, 6) is 0.229. The van der Waals surface area contributed by atoms with E-state index in [1.165, 1.54) is 5.56 Å². The summed E-state index contributed by atoms with van der Waals surface area (Å²) in [6.45, 7) is 6.42. The van der Waals surface area contributed by atoms with E-state index in [0.717, 1.165) is 17.0 Å². The highest BCUT2D eigenvalue weighted by Crippen LogP contribution is 2.40. The van der Waals surface area contributed by atoms with Crippen LogP contribution in [0.25, 0.3) is 0 Å². The molecule has 6 heteroatoms. The minimum Gasteiger partial charge on any atom is -0.440 e. The lowest BCUT2D eigenvalue weighted by Crippen LogP contribution is -2.33. The molecule has 1 aliphatic heterocycles. The topological polar surface area (TPSA) is 93.9 Å². The summed E-state index contributed by atoms with van der Waals surface area (Å²) in [6, 6.07) is 17.5. The molecule has 156 valence electrons. The highest BCUT2D eigenvalue weighted by Gasteiger charge is 2.34. The van der Waals surface area contributed by atoms with Gasteiger partial charge in [-0.15, -0.1) is 0 Å². The minimum absolute atomic E-state index is 0.0363. The number of pyridine rings is 2. The Bertz CT molecular complexity index is 1250. The molecule has 3 heterocycles. The molecule has 0 unspecified atom stereocenters. The quantitative estimate of drug-likeness (QED) is 0.700. The zero-order chi connectivity index (χ0) is 22.1. The standard InChI is InChI=1S/C25H24N4O2/c1-15(2)17-7-9-18(10-8-17)22-20(13-26)24(27)31-21-12-16(3)29(25(30)23(21)22)14-19-6-4-5-11-28-19/h4-12,15,22H,14,27H2,1-3H3/t22-/m0/s1. The molecule has 1 aliphatic rings. The number of fused-ring (bicyclic) bond motifs is 1. The molecule has 3 aromatic rings. The van der Waals surface area contributed by atoms with Gasteiger partial charge < -0.3 is 15.0 Å². The second-order valence-corrected chi connectivity index (χ2v) is 8.02. The maximum atomic E-state index is 13.6. The summed E-state index contributed by atoms with van der Waals surface area (Å²) in [5.41, 5.74) is 10.1. The van der Waals surface area contributed by atoms with Gasteiger partial charge in [0.15, 0.2) is 0 Å². The normalized spacial score (nSPS) is 15.4. The van der Waals surface area contributed by atoms with Gasteiger partial charge in [0.1, 0.15) is 17.4 Å². The maximum absolute atomic E-state index is 13.6. The van der Waals surface area contributed by atoms with Crippen molar-refractivity contribution in [3.63, 3.8) is 0 Å². The van der Waals surface area contributed by atoms with Gasteiger partial charge in [0.25, 0.3) is 5.56 Å². The monoisotopic (exact) mass is 412 g/mol. The van der Waals surface area contributed by atoms with Crippen molar-refractivity contribution in [2.75, 3.05) is 0 Å². The Morgan fingerprint density at radius 3 is 2.58 bits per heavy atom. The Morgan fingerprint density at radius 1 is 1.23 bits per heavy atom. The summed E-state index contributed by atoms with van der Waals surface area (Å²) >= 11 is 0. The van der Waals surface area contributed by atoms with Crippen molar-refractivity contribution in [1.82, 2.24) is 9.55 Å². The van der Waals surface area contributed by atoms with Crippen molar-refractivity contribution < 1.29 is 4.74 Å². The van der Waals surface area contributed by atoms with Gasteiger partial charge >= 0.3 is 0 Å². The average molecular weight is 412 g/mol. The molecule has 31 heavy (non-hydrogen) atoms. The number of hydrogen-bond donors (Lipinski definition) is 1. The highest BCUT2D eigenvalue weighted by atomic mass is 16.5. The fourth-order valence-corrected chi connectivity index (χ4v) is 3.94. The van der Waals surface area contributed by atoms with Crippen molar-refractivity contribution in [1.29, 1.82) is 5.26 Å². The summed E-state index contributed by atoms with van der Waals surface area (Å²) in [4.78, 5) is 18.0. The number of nitrogens with zero attached hydrogens (tertiary/aromatic N) is 3. The minimum atomic E-state index is -0.585. The van der Waals surface area contributed by atoms with E-state index >= 15 is 0 Å². The molecule has 0 aliphatic carbocycles. The molecule has 0 saturated carbocycles.